The summed E-state index contributed by atoms with van der Waals surface area (Å²) in [6.45, 7) is 3.30. The fourth-order valence-corrected chi connectivity index (χ4v) is 4.82. The van der Waals surface area contributed by atoms with Gasteiger partial charge in [0.1, 0.15) is 0 Å². The van der Waals surface area contributed by atoms with Crippen LogP contribution in [0.5, 0.6) is 0 Å². The Morgan fingerprint density at radius 3 is 2.88 bits per heavy atom. The Kier molecular flexibility index (Phi) is 3.06. The number of fused-ring (bicyclic) bond motifs is 5. The minimum absolute atomic E-state index is 0.870. The molecular weight excluding hydrogens is 194 g/mol. The van der Waals surface area contributed by atoms with Gasteiger partial charge in [-0.25, -0.2) is 0 Å². The standard InChI is InChI=1S/C15H25N/c1-2-3-4-8-16-15-10-11-9-14(15)13-7-5-6-12(11)13/h2-3,11-16H,4-10H2,1H3/b3-2+. The zero-order valence-corrected chi connectivity index (χ0v) is 10.5. The van der Waals surface area contributed by atoms with Crippen LogP contribution in [0.3, 0.4) is 0 Å². The quantitative estimate of drug-likeness (QED) is 0.564. The van der Waals surface area contributed by atoms with Crippen molar-refractivity contribution in [1.82, 2.24) is 5.32 Å². The van der Waals surface area contributed by atoms with Crippen molar-refractivity contribution >= 4 is 0 Å². The second-order valence-corrected chi connectivity index (χ2v) is 6.07. The van der Waals surface area contributed by atoms with E-state index in [0.717, 1.165) is 29.7 Å². The molecule has 0 amide bonds. The van der Waals surface area contributed by atoms with Gasteiger partial charge in [0.2, 0.25) is 0 Å². The lowest BCUT2D eigenvalue weighted by molar-refractivity contribution is 0.210. The molecule has 0 aliphatic heterocycles. The third-order valence-electron chi connectivity index (χ3n) is 5.38. The largest absolute Gasteiger partial charge is 0.313 e. The molecular formula is C15H25N. The van der Waals surface area contributed by atoms with Crippen LogP contribution in [0.2, 0.25) is 0 Å². The van der Waals surface area contributed by atoms with E-state index in [1.165, 1.54) is 25.8 Å². The molecule has 0 saturated heterocycles. The van der Waals surface area contributed by atoms with E-state index < -0.39 is 0 Å². The number of hydrogen-bond donors (Lipinski definition) is 1. The van der Waals surface area contributed by atoms with E-state index in [-0.39, 0.29) is 0 Å². The highest BCUT2D eigenvalue weighted by Crippen LogP contribution is 2.58. The van der Waals surface area contributed by atoms with Gasteiger partial charge in [0.15, 0.2) is 0 Å². The molecule has 0 heterocycles. The molecule has 3 saturated carbocycles. The Morgan fingerprint density at radius 2 is 2.00 bits per heavy atom. The van der Waals surface area contributed by atoms with Crippen LogP contribution in [-0.4, -0.2) is 12.6 Å². The smallest absolute Gasteiger partial charge is 0.0101 e. The Morgan fingerprint density at radius 1 is 1.12 bits per heavy atom. The molecule has 0 aromatic carbocycles. The predicted octanol–water partition coefficient (Wildman–Crippen LogP) is 3.37. The molecule has 0 spiro atoms. The molecule has 1 heteroatoms. The number of nitrogens with one attached hydrogen (secondary N) is 1. The van der Waals surface area contributed by atoms with Crippen LogP contribution in [0.25, 0.3) is 0 Å². The first-order valence-corrected chi connectivity index (χ1v) is 7.24. The summed E-state index contributed by atoms with van der Waals surface area (Å²) in [6, 6.07) is 0.870. The van der Waals surface area contributed by atoms with Gasteiger partial charge in [-0.2, -0.15) is 0 Å². The fourth-order valence-electron chi connectivity index (χ4n) is 4.82. The summed E-state index contributed by atoms with van der Waals surface area (Å²) in [5.41, 5.74) is 0. The van der Waals surface area contributed by atoms with Gasteiger partial charge in [-0.15, -0.1) is 0 Å². The zero-order chi connectivity index (χ0) is 11.0. The van der Waals surface area contributed by atoms with Crippen LogP contribution < -0.4 is 5.32 Å². The molecule has 0 aromatic heterocycles. The summed E-state index contributed by atoms with van der Waals surface area (Å²) in [4.78, 5) is 0. The minimum atomic E-state index is 0.870. The van der Waals surface area contributed by atoms with Crippen molar-refractivity contribution in [3.63, 3.8) is 0 Å². The Balaban J connectivity index is 1.52. The maximum absolute atomic E-state index is 3.81. The number of allylic oxidation sites excluding steroid dienone is 1. The normalized spacial score (nSPS) is 45.7. The molecule has 3 aliphatic carbocycles. The Bertz CT molecular complexity index is 271. The lowest BCUT2D eigenvalue weighted by Crippen LogP contribution is -2.39. The van der Waals surface area contributed by atoms with Crippen molar-refractivity contribution < 1.29 is 0 Å². The molecule has 5 unspecified atom stereocenters. The fraction of sp³-hybridized carbons (Fsp3) is 0.867. The SMILES string of the molecule is C/C=C/CCNC1CC2CC1C1CCCC21. The number of hydrogen-bond acceptors (Lipinski definition) is 1. The first-order chi connectivity index (χ1) is 7.90. The summed E-state index contributed by atoms with van der Waals surface area (Å²) < 4.78 is 0. The summed E-state index contributed by atoms with van der Waals surface area (Å²) in [5.74, 6) is 4.39. The van der Waals surface area contributed by atoms with Crippen molar-refractivity contribution in [3.05, 3.63) is 12.2 Å². The van der Waals surface area contributed by atoms with E-state index in [1.54, 1.807) is 19.3 Å². The van der Waals surface area contributed by atoms with Gasteiger partial charge < -0.3 is 5.32 Å². The molecule has 90 valence electrons. The summed E-state index contributed by atoms with van der Waals surface area (Å²) in [6.07, 6.45) is 13.3. The highest BCUT2D eigenvalue weighted by atomic mass is 14.9. The first kappa shape index (κ1) is 10.8. The molecule has 1 nitrogen and oxygen atoms in total. The van der Waals surface area contributed by atoms with Crippen molar-refractivity contribution in [2.45, 2.75) is 51.5 Å². The maximum Gasteiger partial charge on any atom is 0.0101 e. The predicted molar refractivity (Wildman–Crippen MR) is 68.3 cm³/mol. The highest BCUT2D eigenvalue weighted by molar-refractivity contribution is 5.05. The molecule has 5 atom stereocenters. The van der Waals surface area contributed by atoms with Gasteiger partial charge in [-0.1, -0.05) is 18.6 Å². The molecule has 2 bridgehead atoms. The van der Waals surface area contributed by atoms with Gasteiger partial charge in [0.25, 0.3) is 0 Å². The molecule has 3 fully saturated rings. The van der Waals surface area contributed by atoms with Crippen LogP contribution >= 0.6 is 0 Å². The second-order valence-electron chi connectivity index (χ2n) is 6.07. The number of rotatable bonds is 4. The van der Waals surface area contributed by atoms with E-state index in [9.17, 15) is 0 Å². The second kappa shape index (κ2) is 4.52. The van der Waals surface area contributed by atoms with Crippen LogP contribution in [0.1, 0.15) is 45.4 Å². The van der Waals surface area contributed by atoms with Crippen LogP contribution in [-0.2, 0) is 0 Å². The molecule has 3 aliphatic rings. The van der Waals surface area contributed by atoms with Crippen molar-refractivity contribution in [3.8, 4) is 0 Å². The summed E-state index contributed by atoms with van der Waals surface area (Å²) >= 11 is 0. The lowest BCUT2D eigenvalue weighted by Gasteiger charge is -2.32. The lowest BCUT2D eigenvalue weighted by atomic mass is 9.79. The molecule has 3 rings (SSSR count). The van der Waals surface area contributed by atoms with Gasteiger partial charge in [-0.3, -0.25) is 0 Å². The van der Waals surface area contributed by atoms with Crippen molar-refractivity contribution in [1.29, 1.82) is 0 Å². The topological polar surface area (TPSA) is 12.0 Å². The third kappa shape index (κ3) is 1.73. The minimum Gasteiger partial charge on any atom is -0.313 e. The van der Waals surface area contributed by atoms with Crippen LogP contribution in [0.4, 0.5) is 0 Å². The Hall–Kier alpha value is -0.300. The van der Waals surface area contributed by atoms with E-state index in [2.05, 4.69) is 24.4 Å². The summed E-state index contributed by atoms with van der Waals surface area (Å²) in [5, 5.41) is 3.81. The van der Waals surface area contributed by atoms with Crippen molar-refractivity contribution in [2.75, 3.05) is 6.54 Å². The van der Waals surface area contributed by atoms with Gasteiger partial charge in [0, 0.05) is 6.04 Å². The zero-order valence-electron chi connectivity index (χ0n) is 10.5. The molecule has 0 radical (unpaired) electrons. The first-order valence-electron chi connectivity index (χ1n) is 7.24. The molecule has 16 heavy (non-hydrogen) atoms. The van der Waals surface area contributed by atoms with E-state index in [1.807, 2.05) is 0 Å². The maximum atomic E-state index is 3.81. The van der Waals surface area contributed by atoms with E-state index >= 15 is 0 Å². The Labute approximate surface area is 99.7 Å². The molecule has 1 N–H and O–H groups in total. The van der Waals surface area contributed by atoms with Crippen molar-refractivity contribution in [2.24, 2.45) is 23.7 Å². The van der Waals surface area contributed by atoms with E-state index in [0.29, 0.717) is 0 Å². The summed E-state index contributed by atoms with van der Waals surface area (Å²) in [7, 11) is 0. The average Bonchev–Trinajstić information content (AvgIpc) is 2.95. The van der Waals surface area contributed by atoms with Gasteiger partial charge in [0.05, 0.1) is 0 Å². The van der Waals surface area contributed by atoms with E-state index in [4.69, 9.17) is 0 Å². The van der Waals surface area contributed by atoms with Crippen LogP contribution in [0, 0.1) is 23.7 Å². The monoisotopic (exact) mass is 219 g/mol. The van der Waals surface area contributed by atoms with Crippen LogP contribution in [0.15, 0.2) is 12.2 Å². The van der Waals surface area contributed by atoms with Gasteiger partial charge in [-0.05, 0) is 69.2 Å². The molecule has 0 aromatic rings. The highest BCUT2D eigenvalue weighted by Gasteiger charge is 2.53. The average molecular weight is 219 g/mol. The third-order valence-corrected chi connectivity index (χ3v) is 5.38. The van der Waals surface area contributed by atoms with Gasteiger partial charge >= 0.3 is 0 Å².